The molecular formula is C19H24F3N3O2. The van der Waals surface area contributed by atoms with Crippen molar-refractivity contribution in [2.45, 2.75) is 32.0 Å². The Labute approximate surface area is 156 Å². The van der Waals surface area contributed by atoms with Crippen LogP contribution in [-0.4, -0.2) is 61.0 Å². The first-order valence-electron chi connectivity index (χ1n) is 9.17. The molecule has 0 radical (unpaired) electrons. The van der Waals surface area contributed by atoms with Crippen molar-refractivity contribution in [3.05, 3.63) is 29.8 Å². The van der Waals surface area contributed by atoms with Gasteiger partial charge >= 0.3 is 6.18 Å². The van der Waals surface area contributed by atoms with Gasteiger partial charge in [0, 0.05) is 45.3 Å². The van der Waals surface area contributed by atoms with Gasteiger partial charge in [0.05, 0.1) is 5.92 Å². The number of carbonyl (C=O) groups excluding carboxylic acids is 2. The van der Waals surface area contributed by atoms with Gasteiger partial charge < -0.3 is 14.7 Å². The summed E-state index contributed by atoms with van der Waals surface area (Å²) in [5, 5.41) is 0. The molecule has 0 aliphatic carbocycles. The van der Waals surface area contributed by atoms with E-state index in [0.717, 1.165) is 42.1 Å². The van der Waals surface area contributed by atoms with Crippen molar-refractivity contribution >= 4 is 17.5 Å². The molecule has 0 saturated carbocycles. The van der Waals surface area contributed by atoms with Crippen molar-refractivity contribution in [2.75, 3.05) is 38.1 Å². The summed E-state index contributed by atoms with van der Waals surface area (Å²) in [6, 6.07) is 7.87. The molecule has 1 aromatic rings. The van der Waals surface area contributed by atoms with Gasteiger partial charge in [-0.2, -0.15) is 13.2 Å². The zero-order valence-electron chi connectivity index (χ0n) is 15.3. The van der Waals surface area contributed by atoms with Gasteiger partial charge in [-0.15, -0.1) is 0 Å². The number of alkyl halides is 3. The van der Waals surface area contributed by atoms with Crippen molar-refractivity contribution < 1.29 is 22.8 Å². The summed E-state index contributed by atoms with van der Waals surface area (Å²) in [5.41, 5.74) is 2.10. The number of para-hydroxylation sites is 1. The van der Waals surface area contributed by atoms with Gasteiger partial charge in [-0.05, 0) is 24.5 Å². The largest absolute Gasteiger partial charge is 0.406 e. The molecule has 0 bridgehead atoms. The molecule has 8 heteroatoms. The number of anilines is 1. The second-order valence-corrected chi connectivity index (χ2v) is 7.31. The molecule has 1 unspecified atom stereocenters. The smallest absolute Gasteiger partial charge is 0.371 e. The third-order valence-corrected chi connectivity index (χ3v) is 5.16. The molecule has 2 saturated heterocycles. The van der Waals surface area contributed by atoms with Gasteiger partial charge in [0.2, 0.25) is 11.8 Å². The number of rotatable bonds is 5. The van der Waals surface area contributed by atoms with Crippen LogP contribution >= 0.6 is 0 Å². The summed E-state index contributed by atoms with van der Waals surface area (Å²) >= 11 is 0. The molecule has 0 spiro atoms. The SMILES string of the molecule is CN(Cc1ccccc1N1CCCC1)C(=O)C1CC(=O)N(CC(F)(F)F)C1. The lowest BCUT2D eigenvalue weighted by atomic mass is 10.1. The lowest BCUT2D eigenvalue weighted by Crippen LogP contribution is -2.37. The van der Waals surface area contributed by atoms with Crippen molar-refractivity contribution in [1.29, 1.82) is 0 Å². The number of nitrogens with zero attached hydrogens (tertiary/aromatic N) is 3. The Morgan fingerprint density at radius 3 is 2.56 bits per heavy atom. The molecule has 0 aromatic heterocycles. The molecule has 3 rings (SSSR count). The van der Waals surface area contributed by atoms with Crippen molar-refractivity contribution in [2.24, 2.45) is 5.92 Å². The molecule has 1 aromatic carbocycles. The fourth-order valence-electron chi connectivity index (χ4n) is 3.86. The Kier molecular flexibility index (Phi) is 5.62. The van der Waals surface area contributed by atoms with Crippen LogP contribution in [0.5, 0.6) is 0 Å². The van der Waals surface area contributed by atoms with Crippen LogP contribution in [0.4, 0.5) is 18.9 Å². The first-order valence-corrected chi connectivity index (χ1v) is 9.17. The zero-order chi connectivity index (χ0) is 19.6. The Morgan fingerprint density at radius 2 is 1.89 bits per heavy atom. The molecular weight excluding hydrogens is 359 g/mol. The normalized spacial score (nSPS) is 20.4. The molecule has 27 heavy (non-hydrogen) atoms. The highest BCUT2D eigenvalue weighted by atomic mass is 19.4. The fraction of sp³-hybridized carbons (Fsp3) is 0.579. The maximum atomic E-state index is 12.7. The van der Waals surface area contributed by atoms with E-state index in [9.17, 15) is 22.8 Å². The topological polar surface area (TPSA) is 43.9 Å². The van der Waals surface area contributed by atoms with Crippen LogP contribution in [0.3, 0.4) is 0 Å². The van der Waals surface area contributed by atoms with E-state index in [1.54, 1.807) is 7.05 Å². The Morgan fingerprint density at radius 1 is 1.22 bits per heavy atom. The van der Waals surface area contributed by atoms with Gasteiger partial charge in [-0.25, -0.2) is 0 Å². The molecule has 148 valence electrons. The van der Waals surface area contributed by atoms with Crippen LogP contribution in [0.15, 0.2) is 24.3 Å². The highest BCUT2D eigenvalue weighted by Gasteiger charge is 2.41. The number of amides is 2. The molecule has 2 aliphatic heterocycles. The van der Waals surface area contributed by atoms with Crippen LogP contribution in [0, 0.1) is 5.92 Å². The molecule has 2 fully saturated rings. The number of hydrogen-bond donors (Lipinski definition) is 0. The Hall–Kier alpha value is -2.25. The van der Waals surface area contributed by atoms with E-state index in [-0.39, 0.29) is 18.9 Å². The maximum Gasteiger partial charge on any atom is 0.406 e. The summed E-state index contributed by atoms with van der Waals surface area (Å²) in [7, 11) is 1.64. The average Bonchev–Trinajstić information content (AvgIpc) is 3.24. The standard InChI is InChI=1S/C19H24F3N3O2/c1-23(11-14-6-2-3-7-16(14)24-8-4-5-9-24)18(27)15-10-17(26)25(12-15)13-19(20,21)22/h2-3,6-7,15H,4-5,8-13H2,1H3. The monoisotopic (exact) mass is 383 g/mol. The number of likely N-dealkylation sites (tertiary alicyclic amines) is 1. The summed E-state index contributed by atoms with van der Waals surface area (Å²) in [6.45, 7) is 0.873. The van der Waals surface area contributed by atoms with E-state index >= 15 is 0 Å². The third-order valence-electron chi connectivity index (χ3n) is 5.16. The molecule has 2 heterocycles. The van der Waals surface area contributed by atoms with E-state index in [0.29, 0.717) is 6.54 Å². The predicted octanol–water partition coefficient (Wildman–Crippen LogP) is 2.66. The third kappa shape index (κ3) is 4.73. The number of benzene rings is 1. The molecule has 0 N–H and O–H groups in total. The van der Waals surface area contributed by atoms with Crippen LogP contribution < -0.4 is 4.90 Å². The van der Waals surface area contributed by atoms with Gasteiger partial charge in [0.25, 0.3) is 0 Å². The number of carbonyl (C=O) groups is 2. The minimum absolute atomic E-state index is 0.160. The Bertz CT molecular complexity index is 702. The van der Waals surface area contributed by atoms with Crippen molar-refractivity contribution in [3.8, 4) is 0 Å². The Balaban J connectivity index is 1.64. The van der Waals surface area contributed by atoms with Gasteiger partial charge in [0.15, 0.2) is 0 Å². The molecule has 5 nitrogen and oxygen atoms in total. The van der Waals surface area contributed by atoms with E-state index in [1.807, 2.05) is 24.3 Å². The van der Waals surface area contributed by atoms with E-state index in [2.05, 4.69) is 4.90 Å². The quantitative estimate of drug-likeness (QED) is 0.785. The predicted molar refractivity (Wildman–Crippen MR) is 95.1 cm³/mol. The second-order valence-electron chi connectivity index (χ2n) is 7.31. The minimum atomic E-state index is -4.45. The number of halogens is 3. The highest BCUT2D eigenvalue weighted by molar-refractivity contribution is 5.89. The van der Waals surface area contributed by atoms with Gasteiger partial charge in [-0.1, -0.05) is 18.2 Å². The molecule has 2 amide bonds. The fourth-order valence-corrected chi connectivity index (χ4v) is 3.86. The summed E-state index contributed by atoms with van der Waals surface area (Å²) in [5.74, 6) is -1.62. The highest BCUT2D eigenvalue weighted by Crippen LogP contribution is 2.28. The van der Waals surface area contributed by atoms with Crippen LogP contribution in [0.1, 0.15) is 24.8 Å². The summed E-state index contributed by atoms with van der Waals surface area (Å²) < 4.78 is 37.7. The minimum Gasteiger partial charge on any atom is -0.371 e. The zero-order valence-corrected chi connectivity index (χ0v) is 15.3. The van der Waals surface area contributed by atoms with Gasteiger partial charge in [0.1, 0.15) is 6.54 Å². The van der Waals surface area contributed by atoms with Crippen LogP contribution in [0.25, 0.3) is 0 Å². The summed E-state index contributed by atoms with van der Waals surface area (Å²) in [4.78, 5) is 29.1. The van der Waals surface area contributed by atoms with E-state index in [1.165, 1.54) is 4.90 Å². The molecule has 2 aliphatic rings. The average molecular weight is 383 g/mol. The number of hydrogen-bond acceptors (Lipinski definition) is 3. The van der Waals surface area contributed by atoms with Crippen molar-refractivity contribution in [1.82, 2.24) is 9.80 Å². The van der Waals surface area contributed by atoms with E-state index in [4.69, 9.17) is 0 Å². The van der Waals surface area contributed by atoms with E-state index < -0.39 is 24.5 Å². The lowest BCUT2D eigenvalue weighted by molar-refractivity contribution is -0.157. The van der Waals surface area contributed by atoms with Crippen LogP contribution in [-0.2, 0) is 16.1 Å². The first-order chi connectivity index (χ1) is 12.7. The summed E-state index contributed by atoms with van der Waals surface area (Å²) in [6.07, 6.45) is -2.33. The van der Waals surface area contributed by atoms with Gasteiger partial charge in [-0.3, -0.25) is 9.59 Å². The van der Waals surface area contributed by atoms with Crippen LogP contribution in [0.2, 0.25) is 0 Å². The second kappa shape index (κ2) is 7.78. The lowest BCUT2D eigenvalue weighted by Gasteiger charge is -2.26. The molecule has 1 atom stereocenters. The first kappa shape index (κ1) is 19.5. The van der Waals surface area contributed by atoms with Crippen molar-refractivity contribution in [3.63, 3.8) is 0 Å². The maximum absolute atomic E-state index is 12.7.